The summed E-state index contributed by atoms with van der Waals surface area (Å²) in [6.07, 6.45) is 4.36. The Balaban J connectivity index is 2.28. The van der Waals surface area contributed by atoms with Crippen molar-refractivity contribution in [3.8, 4) is 0 Å². The zero-order valence-electron chi connectivity index (χ0n) is 13.2. The van der Waals surface area contributed by atoms with Crippen molar-refractivity contribution < 1.29 is 8.42 Å². The van der Waals surface area contributed by atoms with Gasteiger partial charge in [-0.3, -0.25) is 0 Å². The SMILES string of the molecule is CCCn1cc(S(=O)(=O)N(CC)C2CCNCC2)nc1C. The van der Waals surface area contributed by atoms with Gasteiger partial charge in [0.2, 0.25) is 0 Å². The largest absolute Gasteiger partial charge is 0.334 e. The molecule has 0 unspecified atom stereocenters. The second-order valence-corrected chi connectivity index (χ2v) is 7.35. The molecule has 1 aliphatic heterocycles. The van der Waals surface area contributed by atoms with Crippen LogP contribution in [0.5, 0.6) is 0 Å². The van der Waals surface area contributed by atoms with E-state index in [9.17, 15) is 8.42 Å². The van der Waals surface area contributed by atoms with Crippen molar-refractivity contribution in [1.29, 1.82) is 0 Å². The molecular formula is C14H26N4O2S. The van der Waals surface area contributed by atoms with Crippen LogP contribution in [0.4, 0.5) is 0 Å². The van der Waals surface area contributed by atoms with Crippen molar-refractivity contribution >= 4 is 10.0 Å². The highest BCUT2D eigenvalue weighted by molar-refractivity contribution is 7.89. The second kappa shape index (κ2) is 6.89. The highest BCUT2D eigenvalue weighted by Crippen LogP contribution is 2.22. The summed E-state index contributed by atoms with van der Waals surface area (Å²) in [4.78, 5) is 4.28. The number of hydrogen-bond acceptors (Lipinski definition) is 4. The van der Waals surface area contributed by atoms with E-state index in [-0.39, 0.29) is 11.1 Å². The summed E-state index contributed by atoms with van der Waals surface area (Å²) in [6, 6.07) is 0.0814. The third-order valence-corrected chi connectivity index (χ3v) is 5.92. The van der Waals surface area contributed by atoms with E-state index >= 15 is 0 Å². The number of hydrogen-bond donors (Lipinski definition) is 1. The summed E-state index contributed by atoms with van der Waals surface area (Å²) in [5, 5.41) is 3.46. The van der Waals surface area contributed by atoms with E-state index in [0.717, 1.165) is 44.7 Å². The molecule has 1 aliphatic rings. The van der Waals surface area contributed by atoms with Crippen molar-refractivity contribution in [3.63, 3.8) is 0 Å². The zero-order valence-corrected chi connectivity index (χ0v) is 14.0. The maximum absolute atomic E-state index is 12.9. The first-order valence-corrected chi connectivity index (χ1v) is 9.21. The lowest BCUT2D eigenvalue weighted by Gasteiger charge is -2.32. The van der Waals surface area contributed by atoms with Crippen LogP contribution in [0.3, 0.4) is 0 Å². The molecule has 0 aromatic carbocycles. The Morgan fingerprint density at radius 2 is 2.05 bits per heavy atom. The monoisotopic (exact) mass is 314 g/mol. The first-order chi connectivity index (χ1) is 10.0. The fraction of sp³-hybridized carbons (Fsp3) is 0.786. The van der Waals surface area contributed by atoms with Gasteiger partial charge in [-0.2, -0.15) is 4.31 Å². The molecule has 21 heavy (non-hydrogen) atoms. The summed E-state index contributed by atoms with van der Waals surface area (Å²) < 4.78 is 29.3. The quantitative estimate of drug-likeness (QED) is 0.861. The molecule has 0 aliphatic carbocycles. The van der Waals surface area contributed by atoms with Crippen LogP contribution in [0.15, 0.2) is 11.2 Å². The topological polar surface area (TPSA) is 67.2 Å². The molecule has 0 saturated carbocycles. The Labute approximate surface area is 127 Å². The molecule has 1 saturated heterocycles. The lowest BCUT2D eigenvalue weighted by atomic mass is 10.1. The lowest BCUT2D eigenvalue weighted by molar-refractivity contribution is 0.270. The maximum atomic E-state index is 12.9. The minimum atomic E-state index is -3.50. The molecule has 120 valence electrons. The second-order valence-electron chi connectivity index (χ2n) is 5.51. The van der Waals surface area contributed by atoms with Crippen LogP contribution >= 0.6 is 0 Å². The number of nitrogens with zero attached hydrogens (tertiary/aromatic N) is 3. The molecule has 2 rings (SSSR count). The van der Waals surface area contributed by atoms with E-state index in [1.165, 1.54) is 0 Å². The summed E-state index contributed by atoms with van der Waals surface area (Å²) >= 11 is 0. The van der Waals surface area contributed by atoms with Crippen LogP contribution in [0.25, 0.3) is 0 Å². The van der Waals surface area contributed by atoms with Gasteiger partial charge in [-0.1, -0.05) is 13.8 Å². The summed E-state index contributed by atoms with van der Waals surface area (Å²) in [7, 11) is -3.50. The van der Waals surface area contributed by atoms with Crippen LogP contribution in [0.1, 0.15) is 38.9 Å². The summed E-state index contributed by atoms with van der Waals surface area (Å²) in [5.41, 5.74) is 0. The molecule has 1 N–H and O–H groups in total. The van der Waals surface area contributed by atoms with Crippen LogP contribution in [-0.2, 0) is 16.6 Å². The molecular weight excluding hydrogens is 288 g/mol. The Hall–Kier alpha value is -0.920. The van der Waals surface area contributed by atoms with Crippen molar-refractivity contribution in [2.45, 2.75) is 57.6 Å². The molecule has 7 heteroatoms. The minimum absolute atomic E-state index is 0.0814. The van der Waals surface area contributed by atoms with Gasteiger partial charge in [0.1, 0.15) is 5.82 Å². The Morgan fingerprint density at radius 3 is 2.62 bits per heavy atom. The van der Waals surface area contributed by atoms with Crippen LogP contribution < -0.4 is 5.32 Å². The standard InChI is InChI=1S/C14H26N4O2S/c1-4-10-17-11-14(16-12(17)3)21(19,20)18(5-2)13-6-8-15-9-7-13/h11,13,15H,4-10H2,1-3H3. The predicted octanol–water partition coefficient (Wildman–Crippen LogP) is 1.36. The summed E-state index contributed by atoms with van der Waals surface area (Å²) in [5.74, 6) is 0.761. The fourth-order valence-electron chi connectivity index (χ4n) is 2.91. The summed E-state index contributed by atoms with van der Waals surface area (Å²) in [6.45, 7) is 8.87. The smallest absolute Gasteiger partial charge is 0.262 e. The first kappa shape index (κ1) is 16.5. The van der Waals surface area contributed by atoms with E-state index in [2.05, 4.69) is 17.2 Å². The van der Waals surface area contributed by atoms with Gasteiger partial charge in [-0.15, -0.1) is 0 Å². The molecule has 1 aromatic heterocycles. The third kappa shape index (κ3) is 3.46. The van der Waals surface area contributed by atoms with Gasteiger partial charge in [0.05, 0.1) is 0 Å². The fourth-order valence-corrected chi connectivity index (χ4v) is 4.60. The van der Waals surface area contributed by atoms with E-state index in [1.807, 2.05) is 18.4 Å². The third-order valence-electron chi connectivity index (χ3n) is 4.02. The number of rotatable bonds is 6. The number of piperidine rings is 1. The lowest BCUT2D eigenvalue weighted by Crippen LogP contribution is -2.46. The highest BCUT2D eigenvalue weighted by atomic mass is 32.2. The Bertz CT molecular complexity index is 562. The van der Waals surface area contributed by atoms with Gasteiger partial charge in [0.25, 0.3) is 10.0 Å². The highest BCUT2D eigenvalue weighted by Gasteiger charge is 2.32. The predicted molar refractivity (Wildman–Crippen MR) is 82.7 cm³/mol. The molecule has 2 heterocycles. The van der Waals surface area contributed by atoms with Crippen molar-refractivity contribution in [3.05, 3.63) is 12.0 Å². The molecule has 1 fully saturated rings. The van der Waals surface area contributed by atoms with Crippen LogP contribution in [-0.4, -0.2) is 48.0 Å². The van der Waals surface area contributed by atoms with Gasteiger partial charge in [0, 0.05) is 25.3 Å². The number of aryl methyl sites for hydroxylation is 2. The van der Waals surface area contributed by atoms with Gasteiger partial charge in [-0.25, -0.2) is 13.4 Å². The van der Waals surface area contributed by atoms with E-state index in [0.29, 0.717) is 6.54 Å². The molecule has 0 atom stereocenters. The van der Waals surface area contributed by atoms with Crippen LogP contribution in [0, 0.1) is 6.92 Å². The normalized spacial score (nSPS) is 17.5. The number of aromatic nitrogens is 2. The minimum Gasteiger partial charge on any atom is -0.334 e. The van der Waals surface area contributed by atoms with Gasteiger partial charge >= 0.3 is 0 Å². The molecule has 0 bridgehead atoms. The van der Waals surface area contributed by atoms with E-state index in [1.54, 1.807) is 10.5 Å². The molecule has 0 spiro atoms. The Kier molecular flexibility index (Phi) is 5.40. The average molecular weight is 314 g/mol. The molecule has 6 nitrogen and oxygen atoms in total. The van der Waals surface area contributed by atoms with Gasteiger partial charge < -0.3 is 9.88 Å². The molecule has 1 aromatic rings. The Morgan fingerprint density at radius 1 is 1.38 bits per heavy atom. The molecule has 0 radical (unpaired) electrons. The van der Waals surface area contributed by atoms with Crippen molar-refractivity contribution in [2.75, 3.05) is 19.6 Å². The zero-order chi connectivity index (χ0) is 15.5. The number of imidazole rings is 1. The number of sulfonamides is 1. The van der Waals surface area contributed by atoms with Gasteiger partial charge in [0.15, 0.2) is 5.03 Å². The van der Waals surface area contributed by atoms with E-state index < -0.39 is 10.0 Å². The average Bonchev–Trinajstić information content (AvgIpc) is 2.83. The molecule has 0 amide bonds. The van der Waals surface area contributed by atoms with Crippen LogP contribution in [0.2, 0.25) is 0 Å². The maximum Gasteiger partial charge on any atom is 0.262 e. The number of nitrogens with one attached hydrogen (secondary N) is 1. The van der Waals surface area contributed by atoms with E-state index in [4.69, 9.17) is 0 Å². The van der Waals surface area contributed by atoms with Crippen molar-refractivity contribution in [2.24, 2.45) is 0 Å². The van der Waals surface area contributed by atoms with Crippen molar-refractivity contribution in [1.82, 2.24) is 19.2 Å². The first-order valence-electron chi connectivity index (χ1n) is 7.77. The van der Waals surface area contributed by atoms with Gasteiger partial charge in [-0.05, 0) is 39.3 Å².